The predicted octanol–water partition coefficient (Wildman–Crippen LogP) is 4.11. The van der Waals surface area contributed by atoms with Gasteiger partial charge in [0.25, 0.3) is 17.7 Å². The smallest absolute Gasteiger partial charge is 0.263 e. The van der Waals surface area contributed by atoms with E-state index in [0.29, 0.717) is 25.2 Å². The number of anilines is 1. The summed E-state index contributed by atoms with van der Waals surface area (Å²) >= 11 is 17.6. The highest BCUT2D eigenvalue weighted by Crippen LogP contribution is 2.34. The van der Waals surface area contributed by atoms with Crippen LogP contribution in [-0.4, -0.2) is 29.4 Å². The minimum Gasteiger partial charge on any atom is -0.482 e. The van der Waals surface area contributed by atoms with Crippen LogP contribution in [0.1, 0.15) is 11.1 Å². The van der Waals surface area contributed by atoms with Gasteiger partial charge in [-0.3, -0.25) is 25.0 Å². The van der Waals surface area contributed by atoms with Crippen molar-refractivity contribution in [3.8, 4) is 5.75 Å². The molecule has 3 amide bonds. The Morgan fingerprint density at radius 2 is 1.87 bits per heavy atom. The molecule has 31 heavy (non-hydrogen) atoms. The maximum atomic E-state index is 12.3. The van der Waals surface area contributed by atoms with Crippen LogP contribution in [0.3, 0.4) is 0 Å². The van der Waals surface area contributed by atoms with Gasteiger partial charge >= 0.3 is 0 Å². The zero-order valence-corrected chi connectivity index (χ0v) is 20.6. The summed E-state index contributed by atoms with van der Waals surface area (Å²) in [6.45, 7) is 1.54. The van der Waals surface area contributed by atoms with Crippen molar-refractivity contribution in [3.63, 3.8) is 0 Å². The minimum atomic E-state index is -0.634. The molecule has 2 aromatic rings. The molecule has 7 nitrogen and oxygen atoms in total. The molecular weight excluding hydrogens is 574 g/mol. The van der Waals surface area contributed by atoms with Crippen LogP contribution in [0, 0.1) is 6.92 Å². The first-order chi connectivity index (χ1) is 14.6. The molecule has 0 spiro atoms. The number of hydrogen-bond acceptors (Lipinski definition) is 5. The van der Waals surface area contributed by atoms with Crippen LogP contribution in [0.25, 0.3) is 6.08 Å². The van der Waals surface area contributed by atoms with Crippen LogP contribution < -0.4 is 20.7 Å². The normalized spacial score (nSPS) is 13.4. The van der Waals surface area contributed by atoms with Gasteiger partial charge in [0.05, 0.1) is 4.47 Å². The topological polar surface area (TPSA) is 96.5 Å². The number of nitrogens with one attached hydrogen (secondary N) is 3. The number of benzene rings is 2. The lowest BCUT2D eigenvalue weighted by Gasteiger charge is -2.17. The number of carbonyl (C=O) groups excluding carboxylic acids is 3. The molecule has 0 saturated carbocycles. The molecule has 3 N–H and O–H groups in total. The Morgan fingerprint density at radius 3 is 2.52 bits per heavy atom. The Kier molecular flexibility index (Phi) is 7.47. The Hall–Kier alpha value is -2.27. The van der Waals surface area contributed by atoms with Gasteiger partial charge in [0.15, 0.2) is 11.7 Å². The molecule has 1 heterocycles. The number of thiocarbonyl (C=S) groups is 1. The molecule has 11 heteroatoms. The lowest BCUT2D eigenvalue weighted by atomic mass is 10.1. The van der Waals surface area contributed by atoms with Gasteiger partial charge in [-0.05, 0) is 71.0 Å². The minimum absolute atomic E-state index is 0.0630. The van der Waals surface area contributed by atoms with Crippen molar-refractivity contribution in [3.05, 3.63) is 61.0 Å². The average molecular weight is 588 g/mol. The number of aryl methyl sites for hydroxylation is 1. The van der Waals surface area contributed by atoms with Crippen molar-refractivity contribution < 1.29 is 19.1 Å². The van der Waals surface area contributed by atoms with Gasteiger partial charge in [0, 0.05) is 20.7 Å². The Morgan fingerprint density at radius 1 is 1.19 bits per heavy atom. The fourth-order valence-electron chi connectivity index (χ4n) is 2.61. The fourth-order valence-corrected chi connectivity index (χ4v) is 4.35. The lowest BCUT2D eigenvalue weighted by molar-refractivity contribution is -0.123. The molecule has 1 saturated heterocycles. The predicted molar refractivity (Wildman–Crippen MR) is 129 cm³/mol. The van der Waals surface area contributed by atoms with E-state index in [1.165, 1.54) is 6.08 Å². The molecule has 0 bridgehead atoms. The van der Waals surface area contributed by atoms with Crippen molar-refractivity contribution in [2.45, 2.75) is 6.92 Å². The molecule has 1 aliphatic heterocycles. The van der Waals surface area contributed by atoms with Crippen LogP contribution in [0.2, 0.25) is 5.02 Å². The van der Waals surface area contributed by atoms with Crippen LogP contribution in [0.15, 0.2) is 44.9 Å². The highest BCUT2D eigenvalue weighted by Gasteiger charge is 2.26. The van der Waals surface area contributed by atoms with E-state index in [1.54, 1.807) is 30.3 Å². The van der Waals surface area contributed by atoms with Crippen molar-refractivity contribution in [1.29, 1.82) is 0 Å². The molecule has 3 rings (SSSR count). The second-order valence-electron chi connectivity index (χ2n) is 6.40. The average Bonchev–Trinajstić information content (AvgIpc) is 2.66. The van der Waals surface area contributed by atoms with Crippen LogP contribution in [0.4, 0.5) is 5.69 Å². The van der Waals surface area contributed by atoms with Gasteiger partial charge in [0.1, 0.15) is 11.3 Å². The zero-order valence-electron chi connectivity index (χ0n) is 15.8. The van der Waals surface area contributed by atoms with E-state index < -0.39 is 17.7 Å². The molecule has 160 valence electrons. The Balaban J connectivity index is 1.81. The van der Waals surface area contributed by atoms with Crippen molar-refractivity contribution >= 4 is 90.3 Å². The number of amides is 3. The van der Waals surface area contributed by atoms with Gasteiger partial charge in [-0.2, -0.15) is 0 Å². The Bertz CT molecular complexity index is 1130. The standard InChI is InChI=1S/C20H14Br2ClN3O4S/c1-9-2-3-12(7-15(9)23)24-16(27)8-30-17-10(4-11(21)6-14(17)22)5-13-18(28)25-20(31)26-19(13)29/h2-7H,8H2,1H3,(H,24,27)(H2,25,26,28,29,31). The van der Waals surface area contributed by atoms with Gasteiger partial charge < -0.3 is 10.1 Å². The maximum Gasteiger partial charge on any atom is 0.263 e. The third-order valence-electron chi connectivity index (χ3n) is 4.08. The number of ether oxygens (including phenoxy) is 1. The van der Waals surface area contributed by atoms with Gasteiger partial charge in [0.2, 0.25) is 0 Å². The summed E-state index contributed by atoms with van der Waals surface area (Å²) in [5.74, 6) is -1.40. The largest absolute Gasteiger partial charge is 0.482 e. The highest BCUT2D eigenvalue weighted by molar-refractivity contribution is 9.11. The van der Waals surface area contributed by atoms with Gasteiger partial charge in [-0.15, -0.1) is 0 Å². The molecule has 2 aromatic carbocycles. The Labute approximate surface area is 204 Å². The second-order valence-corrected chi connectivity index (χ2v) is 8.99. The fraction of sp³-hybridized carbons (Fsp3) is 0.100. The summed E-state index contributed by atoms with van der Waals surface area (Å²) in [5.41, 5.74) is 1.68. The first kappa shape index (κ1) is 23.4. The molecule has 0 unspecified atom stereocenters. The second kappa shape index (κ2) is 9.90. The molecule has 1 fully saturated rings. The summed E-state index contributed by atoms with van der Waals surface area (Å²) in [5, 5.41) is 7.91. The quantitative estimate of drug-likeness (QED) is 0.278. The first-order valence-corrected chi connectivity index (χ1v) is 11.1. The zero-order chi connectivity index (χ0) is 22.7. The molecule has 0 aliphatic carbocycles. The van der Waals surface area contributed by atoms with E-state index in [4.69, 9.17) is 28.6 Å². The number of halogens is 3. The number of hydrogen-bond donors (Lipinski definition) is 3. The first-order valence-electron chi connectivity index (χ1n) is 8.70. The monoisotopic (exact) mass is 585 g/mol. The van der Waals surface area contributed by atoms with Crippen LogP contribution in [0.5, 0.6) is 5.75 Å². The van der Waals surface area contributed by atoms with E-state index in [9.17, 15) is 14.4 Å². The van der Waals surface area contributed by atoms with Crippen LogP contribution in [-0.2, 0) is 14.4 Å². The van der Waals surface area contributed by atoms with E-state index >= 15 is 0 Å². The summed E-state index contributed by atoms with van der Waals surface area (Å²) in [4.78, 5) is 36.6. The summed E-state index contributed by atoms with van der Waals surface area (Å²) in [6.07, 6.45) is 1.36. The van der Waals surface area contributed by atoms with Crippen molar-refractivity contribution in [1.82, 2.24) is 10.6 Å². The molecule has 0 radical (unpaired) electrons. The SMILES string of the molecule is Cc1ccc(NC(=O)COc2c(Br)cc(Br)cc2C=C2C(=O)NC(=S)NC2=O)cc1Cl. The third kappa shape index (κ3) is 5.91. The van der Waals surface area contributed by atoms with E-state index in [-0.39, 0.29) is 23.0 Å². The molecule has 0 aromatic heterocycles. The van der Waals surface area contributed by atoms with Crippen molar-refractivity contribution in [2.75, 3.05) is 11.9 Å². The summed E-state index contributed by atoms with van der Waals surface area (Å²) in [7, 11) is 0. The van der Waals surface area contributed by atoms with Crippen molar-refractivity contribution in [2.24, 2.45) is 0 Å². The maximum absolute atomic E-state index is 12.3. The van der Waals surface area contributed by atoms with E-state index in [1.807, 2.05) is 6.92 Å². The van der Waals surface area contributed by atoms with E-state index in [2.05, 4.69) is 47.8 Å². The van der Waals surface area contributed by atoms with Gasteiger partial charge in [-0.25, -0.2) is 0 Å². The summed E-state index contributed by atoms with van der Waals surface area (Å²) in [6, 6.07) is 8.53. The third-order valence-corrected chi connectivity index (χ3v) is 5.74. The molecule has 0 atom stereocenters. The summed E-state index contributed by atoms with van der Waals surface area (Å²) < 4.78 is 6.89. The number of rotatable bonds is 5. The molecule has 1 aliphatic rings. The van der Waals surface area contributed by atoms with E-state index in [0.717, 1.165) is 5.56 Å². The number of carbonyl (C=O) groups is 3. The highest BCUT2D eigenvalue weighted by atomic mass is 79.9. The van der Waals surface area contributed by atoms with Gasteiger partial charge in [-0.1, -0.05) is 33.6 Å². The molecular formula is C20H14Br2ClN3O4S. The van der Waals surface area contributed by atoms with Crippen LogP contribution >= 0.6 is 55.7 Å². The lowest BCUT2D eigenvalue weighted by Crippen LogP contribution is -2.51.